The molecule has 110 valence electrons. The van der Waals surface area contributed by atoms with E-state index in [4.69, 9.17) is 9.84 Å². The van der Waals surface area contributed by atoms with Crippen LogP contribution >= 0.6 is 27.3 Å². The summed E-state index contributed by atoms with van der Waals surface area (Å²) in [5.74, 6) is -1.12. The van der Waals surface area contributed by atoms with Crippen molar-refractivity contribution in [2.45, 2.75) is 38.5 Å². The van der Waals surface area contributed by atoms with E-state index in [-0.39, 0.29) is 5.91 Å². The Morgan fingerprint density at radius 1 is 1.45 bits per heavy atom. The smallest absolute Gasteiger partial charge is 0.332 e. The third kappa shape index (κ3) is 3.59. The topological polar surface area (TPSA) is 66.8 Å². The zero-order valence-electron chi connectivity index (χ0n) is 11.0. The number of thiophene rings is 1. The number of aliphatic carboxylic acids is 1. The molecule has 2 rings (SSSR count). The van der Waals surface area contributed by atoms with E-state index >= 15 is 0 Å². The molecule has 1 aromatic heterocycles. The fraction of sp³-hybridized carbons (Fsp3) is 0.538. The van der Waals surface area contributed by atoms with Gasteiger partial charge in [0.1, 0.15) is 6.10 Å². The summed E-state index contributed by atoms with van der Waals surface area (Å²) in [7, 11) is 0. The van der Waals surface area contributed by atoms with E-state index in [2.05, 4.69) is 15.9 Å². The van der Waals surface area contributed by atoms with Gasteiger partial charge in [0.2, 0.25) is 0 Å². The van der Waals surface area contributed by atoms with Gasteiger partial charge in [-0.15, -0.1) is 11.3 Å². The van der Waals surface area contributed by atoms with Gasteiger partial charge in [-0.05, 0) is 47.8 Å². The fourth-order valence-corrected chi connectivity index (χ4v) is 3.67. The second kappa shape index (κ2) is 6.69. The molecule has 0 aliphatic carbocycles. The Morgan fingerprint density at radius 2 is 2.15 bits per heavy atom. The Labute approximate surface area is 129 Å². The number of carbonyl (C=O) groups is 2. The van der Waals surface area contributed by atoms with Crippen molar-refractivity contribution in [1.82, 2.24) is 4.90 Å². The molecule has 7 heteroatoms. The summed E-state index contributed by atoms with van der Waals surface area (Å²) >= 11 is 4.98. The van der Waals surface area contributed by atoms with Crippen molar-refractivity contribution >= 4 is 39.1 Å². The molecule has 1 aromatic rings. The van der Waals surface area contributed by atoms with Crippen LogP contribution in [0.5, 0.6) is 0 Å². The van der Waals surface area contributed by atoms with Crippen molar-refractivity contribution < 1.29 is 19.4 Å². The number of carboxylic acid groups (broad SMARTS) is 1. The van der Waals surface area contributed by atoms with Crippen molar-refractivity contribution in [3.05, 3.63) is 20.8 Å². The maximum absolute atomic E-state index is 12.4. The summed E-state index contributed by atoms with van der Waals surface area (Å²) in [6.07, 6.45) is -0.605. The highest BCUT2D eigenvalue weighted by molar-refractivity contribution is 9.11. The molecule has 1 fully saturated rings. The highest BCUT2D eigenvalue weighted by Crippen LogP contribution is 2.25. The molecule has 0 saturated carbocycles. The summed E-state index contributed by atoms with van der Waals surface area (Å²) in [6, 6.07) is 3.92. The van der Waals surface area contributed by atoms with Crippen LogP contribution in [0.3, 0.4) is 0 Å². The van der Waals surface area contributed by atoms with Crippen molar-refractivity contribution in [2.75, 3.05) is 6.54 Å². The van der Waals surface area contributed by atoms with E-state index in [0.717, 1.165) is 8.66 Å². The van der Waals surface area contributed by atoms with Gasteiger partial charge in [-0.25, -0.2) is 4.79 Å². The van der Waals surface area contributed by atoms with E-state index in [1.807, 2.05) is 19.1 Å². The molecule has 2 heterocycles. The molecule has 0 aromatic carbocycles. The van der Waals surface area contributed by atoms with Crippen LogP contribution in [0.25, 0.3) is 0 Å². The summed E-state index contributed by atoms with van der Waals surface area (Å²) in [5, 5.41) is 8.89. The summed E-state index contributed by atoms with van der Waals surface area (Å²) in [5.41, 5.74) is 0. The lowest BCUT2D eigenvalue weighted by molar-refractivity contribution is -0.154. The molecule has 1 aliphatic rings. The molecule has 0 radical (unpaired) electrons. The molecule has 0 spiro atoms. The molecule has 0 bridgehead atoms. The lowest BCUT2D eigenvalue weighted by Gasteiger charge is -2.23. The van der Waals surface area contributed by atoms with Gasteiger partial charge < -0.3 is 14.7 Å². The van der Waals surface area contributed by atoms with Gasteiger partial charge in [0.15, 0.2) is 6.10 Å². The van der Waals surface area contributed by atoms with Crippen molar-refractivity contribution in [3.63, 3.8) is 0 Å². The first kappa shape index (κ1) is 15.5. The van der Waals surface area contributed by atoms with Gasteiger partial charge in [0.05, 0.1) is 10.3 Å². The lowest BCUT2D eigenvalue weighted by Crippen LogP contribution is -2.39. The number of hydrogen-bond acceptors (Lipinski definition) is 4. The Balaban J connectivity index is 1.97. The number of halogens is 1. The number of carboxylic acids is 1. The molecule has 1 N–H and O–H groups in total. The second-order valence-corrected chi connectivity index (χ2v) is 7.13. The molecule has 2 atom stereocenters. The van der Waals surface area contributed by atoms with Gasteiger partial charge >= 0.3 is 5.97 Å². The number of ether oxygens (including phenoxy) is 1. The van der Waals surface area contributed by atoms with Gasteiger partial charge in [-0.3, -0.25) is 4.79 Å². The maximum atomic E-state index is 12.4. The maximum Gasteiger partial charge on any atom is 0.332 e. The van der Waals surface area contributed by atoms with Crippen LogP contribution in [0.1, 0.15) is 24.6 Å². The largest absolute Gasteiger partial charge is 0.479 e. The number of nitrogens with zero attached hydrogens (tertiary/aromatic N) is 1. The minimum Gasteiger partial charge on any atom is -0.479 e. The first-order chi connectivity index (χ1) is 9.51. The second-order valence-electron chi connectivity index (χ2n) is 4.59. The highest BCUT2D eigenvalue weighted by Gasteiger charge is 2.36. The normalized spacial score (nSPS) is 21.9. The highest BCUT2D eigenvalue weighted by atomic mass is 79.9. The van der Waals surface area contributed by atoms with Crippen LogP contribution in [0.4, 0.5) is 0 Å². The number of likely N-dealkylation sites (N-methyl/N-ethyl adjacent to an activating group) is 1. The number of carbonyl (C=O) groups excluding carboxylic acids is 1. The number of rotatable bonds is 5. The molecule has 5 nitrogen and oxygen atoms in total. The van der Waals surface area contributed by atoms with Crippen LogP contribution in [0.15, 0.2) is 15.9 Å². The third-order valence-corrected chi connectivity index (χ3v) is 4.85. The zero-order chi connectivity index (χ0) is 14.7. The van der Waals surface area contributed by atoms with Gasteiger partial charge in [0, 0.05) is 11.4 Å². The molecular formula is C13H16BrNO4S. The van der Waals surface area contributed by atoms with E-state index in [1.165, 1.54) is 0 Å². The summed E-state index contributed by atoms with van der Waals surface area (Å²) in [6.45, 7) is 3.01. The lowest BCUT2D eigenvalue weighted by atomic mass is 10.2. The van der Waals surface area contributed by atoms with Crippen LogP contribution in [-0.4, -0.2) is 40.6 Å². The first-order valence-electron chi connectivity index (χ1n) is 6.42. The quantitative estimate of drug-likeness (QED) is 0.874. The van der Waals surface area contributed by atoms with Crippen molar-refractivity contribution in [2.24, 2.45) is 0 Å². The average molecular weight is 362 g/mol. The van der Waals surface area contributed by atoms with Gasteiger partial charge in [-0.2, -0.15) is 0 Å². The van der Waals surface area contributed by atoms with Gasteiger partial charge in [-0.1, -0.05) is 0 Å². The standard InChI is InChI=1S/C13H16BrNO4S/c1-2-15(7-8-3-6-11(14)20-8)12(16)9-4-5-10(19-9)13(17)18/h3,6,9-10H,2,4-5,7H2,1H3,(H,17,18). The predicted molar refractivity (Wildman–Crippen MR) is 78.6 cm³/mol. The van der Waals surface area contributed by atoms with Crippen LogP contribution in [0.2, 0.25) is 0 Å². The predicted octanol–water partition coefficient (Wildman–Crippen LogP) is 2.49. The molecule has 2 unspecified atom stereocenters. The monoisotopic (exact) mass is 361 g/mol. The molecule has 20 heavy (non-hydrogen) atoms. The van der Waals surface area contributed by atoms with E-state index in [9.17, 15) is 9.59 Å². The third-order valence-electron chi connectivity index (χ3n) is 3.24. The summed E-state index contributed by atoms with van der Waals surface area (Å²) < 4.78 is 6.34. The number of amides is 1. The van der Waals surface area contributed by atoms with Crippen molar-refractivity contribution in [1.29, 1.82) is 0 Å². The zero-order valence-corrected chi connectivity index (χ0v) is 13.4. The minimum absolute atomic E-state index is 0.124. The Kier molecular flexibility index (Phi) is 5.17. The SMILES string of the molecule is CCN(Cc1ccc(Br)s1)C(=O)C1CCC(C(=O)O)O1. The molecule has 1 aliphatic heterocycles. The Bertz CT molecular complexity index is 504. The average Bonchev–Trinajstić information content (AvgIpc) is 3.04. The summed E-state index contributed by atoms with van der Waals surface area (Å²) in [4.78, 5) is 26.0. The molecule has 1 amide bonds. The van der Waals surface area contributed by atoms with Gasteiger partial charge in [0.25, 0.3) is 5.91 Å². The van der Waals surface area contributed by atoms with E-state index < -0.39 is 18.2 Å². The number of hydrogen-bond donors (Lipinski definition) is 1. The van der Waals surface area contributed by atoms with Crippen molar-refractivity contribution in [3.8, 4) is 0 Å². The first-order valence-corrected chi connectivity index (χ1v) is 8.03. The fourth-order valence-electron chi connectivity index (χ4n) is 2.17. The van der Waals surface area contributed by atoms with E-state index in [0.29, 0.717) is 25.9 Å². The van der Waals surface area contributed by atoms with Crippen LogP contribution in [0, 0.1) is 0 Å². The Morgan fingerprint density at radius 3 is 2.65 bits per heavy atom. The van der Waals surface area contributed by atoms with Crippen LogP contribution < -0.4 is 0 Å². The minimum atomic E-state index is -0.995. The Hall–Kier alpha value is -0.920. The van der Waals surface area contributed by atoms with Crippen LogP contribution in [-0.2, 0) is 20.9 Å². The molecule has 1 saturated heterocycles. The molecular weight excluding hydrogens is 346 g/mol. The van der Waals surface area contributed by atoms with E-state index in [1.54, 1.807) is 16.2 Å².